The quantitative estimate of drug-likeness (QED) is 0.712. The third-order valence-electron chi connectivity index (χ3n) is 3.20. The smallest absolute Gasteiger partial charge is 0.425 e. The third kappa shape index (κ3) is 6.29. The molecule has 0 radical (unpaired) electrons. The number of imide groups is 1. The fourth-order valence-electron chi connectivity index (χ4n) is 2.08. The Hall–Kier alpha value is -3.43. The molecule has 0 saturated carbocycles. The van der Waals surface area contributed by atoms with Gasteiger partial charge in [0.15, 0.2) is 5.82 Å². The van der Waals surface area contributed by atoms with Gasteiger partial charge in [0, 0.05) is 5.69 Å². The van der Waals surface area contributed by atoms with Gasteiger partial charge in [0.05, 0.1) is 0 Å². The number of nitrogens with two attached hydrogens (primary N) is 1. The van der Waals surface area contributed by atoms with E-state index in [0.717, 1.165) is 6.33 Å². The number of anilines is 2. The van der Waals surface area contributed by atoms with E-state index in [1.807, 2.05) is 0 Å². The minimum absolute atomic E-state index is 0.244. The highest BCUT2D eigenvalue weighted by Crippen LogP contribution is 2.29. The normalized spacial score (nSPS) is 11.6. The number of benzene rings is 1. The summed E-state index contributed by atoms with van der Waals surface area (Å²) in [6.07, 6.45) is -1.37. The Morgan fingerprint density at radius 2 is 1.43 bits per heavy atom. The Labute approximate surface area is 174 Å². The summed E-state index contributed by atoms with van der Waals surface area (Å²) in [5.41, 5.74) is 4.20. The van der Waals surface area contributed by atoms with E-state index in [9.17, 15) is 9.59 Å². The molecule has 2 aromatic rings. The highest BCUT2D eigenvalue weighted by molar-refractivity contribution is 6.08. The van der Waals surface area contributed by atoms with Crippen LogP contribution in [0.15, 0.2) is 30.6 Å². The van der Waals surface area contributed by atoms with Crippen molar-refractivity contribution in [1.29, 1.82) is 0 Å². The van der Waals surface area contributed by atoms with Crippen LogP contribution in [0, 0.1) is 5.82 Å². The summed E-state index contributed by atoms with van der Waals surface area (Å²) in [4.78, 5) is 33.2. The summed E-state index contributed by atoms with van der Waals surface area (Å²) in [6, 6.07) is 6.14. The second kappa shape index (κ2) is 8.52. The van der Waals surface area contributed by atoms with Gasteiger partial charge in [-0.2, -0.15) is 14.3 Å². The summed E-state index contributed by atoms with van der Waals surface area (Å²) in [5, 5.41) is 0. The van der Waals surface area contributed by atoms with E-state index in [2.05, 4.69) is 9.97 Å². The summed E-state index contributed by atoms with van der Waals surface area (Å²) in [6.45, 7) is 9.61. The molecule has 1 heterocycles. The number of halogens is 1. The van der Waals surface area contributed by atoms with Crippen LogP contribution < -0.4 is 15.4 Å². The lowest BCUT2D eigenvalue weighted by Gasteiger charge is -2.28. The van der Waals surface area contributed by atoms with Gasteiger partial charge >= 0.3 is 12.2 Å². The van der Waals surface area contributed by atoms with Crippen LogP contribution in [0.1, 0.15) is 41.5 Å². The molecule has 0 unspecified atom stereocenters. The molecule has 10 heteroatoms. The topological polar surface area (TPSA) is 117 Å². The molecule has 2 rings (SSSR count). The van der Waals surface area contributed by atoms with E-state index in [4.69, 9.17) is 19.9 Å². The first kappa shape index (κ1) is 22.9. The molecule has 0 atom stereocenters. The van der Waals surface area contributed by atoms with Gasteiger partial charge in [-0.15, -0.1) is 0 Å². The molecule has 2 amide bonds. The first-order chi connectivity index (χ1) is 13.8. The minimum Gasteiger partial charge on any atom is -0.443 e. The predicted octanol–water partition coefficient (Wildman–Crippen LogP) is 4.67. The Morgan fingerprint density at radius 3 is 1.90 bits per heavy atom. The van der Waals surface area contributed by atoms with Crippen molar-refractivity contribution >= 4 is 23.7 Å². The number of nitrogens with zero attached hydrogens (tertiary/aromatic N) is 3. The van der Waals surface area contributed by atoms with Gasteiger partial charge in [0.2, 0.25) is 5.82 Å². The van der Waals surface area contributed by atoms with Gasteiger partial charge in [-0.3, -0.25) is 0 Å². The van der Waals surface area contributed by atoms with Crippen molar-refractivity contribution < 1.29 is 28.2 Å². The van der Waals surface area contributed by atoms with Crippen LogP contribution in [0.4, 0.5) is 25.5 Å². The molecule has 162 valence electrons. The standard InChI is InChI=1S/C20H25FN4O5/c1-19(2,3)29-17(26)25(18(27)30-20(4,5)6)15-14(21)16(24-11-23-15)28-13-9-7-12(22)8-10-13/h7-11H,22H2,1-6H3. The zero-order chi connectivity index (χ0) is 22.7. The van der Waals surface area contributed by atoms with Gasteiger partial charge < -0.3 is 19.9 Å². The number of amides is 2. The van der Waals surface area contributed by atoms with Crippen LogP contribution in [0.5, 0.6) is 11.6 Å². The number of hydrogen-bond acceptors (Lipinski definition) is 8. The highest BCUT2D eigenvalue weighted by Gasteiger charge is 2.36. The van der Waals surface area contributed by atoms with Crippen molar-refractivity contribution in [2.24, 2.45) is 0 Å². The Kier molecular flexibility index (Phi) is 6.49. The fraction of sp³-hybridized carbons (Fsp3) is 0.400. The van der Waals surface area contributed by atoms with Crippen molar-refractivity contribution in [3.63, 3.8) is 0 Å². The van der Waals surface area contributed by atoms with Crippen LogP contribution in [0.3, 0.4) is 0 Å². The average Bonchev–Trinajstić information content (AvgIpc) is 2.57. The molecule has 0 bridgehead atoms. The van der Waals surface area contributed by atoms with Gasteiger partial charge in [0.25, 0.3) is 5.88 Å². The predicted molar refractivity (Wildman–Crippen MR) is 108 cm³/mol. The SMILES string of the molecule is CC(C)(C)OC(=O)N(C(=O)OC(C)(C)C)c1ncnc(Oc2ccc(N)cc2)c1F. The van der Waals surface area contributed by atoms with Crippen LogP contribution in [-0.2, 0) is 9.47 Å². The molecule has 0 aliphatic carbocycles. The second-order valence-electron chi connectivity index (χ2n) is 8.28. The van der Waals surface area contributed by atoms with E-state index in [0.29, 0.717) is 10.6 Å². The number of rotatable bonds is 3. The average molecular weight is 420 g/mol. The van der Waals surface area contributed by atoms with Gasteiger partial charge in [0.1, 0.15) is 23.3 Å². The highest BCUT2D eigenvalue weighted by atomic mass is 19.1. The van der Waals surface area contributed by atoms with Crippen molar-refractivity contribution in [2.45, 2.75) is 52.7 Å². The first-order valence-corrected chi connectivity index (χ1v) is 9.07. The minimum atomic E-state index is -1.16. The summed E-state index contributed by atoms with van der Waals surface area (Å²) < 4.78 is 31.0. The Morgan fingerprint density at radius 1 is 0.933 bits per heavy atom. The van der Waals surface area contributed by atoms with Crippen molar-refractivity contribution in [3.05, 3.63) is 36.4 Å². The largest absolute Gasteiger partial charge is 0.443 e. The van der Waals surface area contributed by atoms with Gasteiger partial charge in [-0.05, 0) is 65.8 Å². The zero-order valence-corrected chi connectivity index (χ0v) is 17.7. The lowest BCUT2D eigenvalue weighted by atomic mass is 10.2. The van der Waals surface area contributed by atoms with Crippen LogP contribution in [-0.4, -0.2) is 33.4 Å². The molecule has 0 aliphatic rings. The molecule has 9 nitrogen and oxygen atoms in total. The molecule has 2 N–H and O–H groups in total. The molecule has 0 saturated heterocycles. The first-order valence-electron chi connectivity index (χ1n) is 9.07. The third-order valence-corrected chi connectivity index (χ3v) is 3.20. The number of ether oxygens (including phenoxy) is 3. The Bertz CT molecular complexity index is 892. The number of hydrogen-bond donors (Lipinski definition) is 1. The summed E-state index contributed by atoms with van der Waals surface area (Å²) in [7, 11) is 0. The molecule has 1 aromatic carbocycles. The van der Waals surface area contributed by atoms with Gasteiger partial charge in [-0.25, -0.2) is 14.6 Å². The van der Waals surface area contributed by atoms with E-state index >= 15 is 4.39 Å². The van der Waals surface area contributed by atoms with Gasteiger partial charge in [-0.1, -0.05) is 0 Å². The van der Waals surface area contributed by atoms with E-state index in [1.54, 1.807) is 53.7 Å². The molecule has 0 aliphatic heterocycles. The molecule has 1 aromatic heterocycles. The number of nitrogen functional groups attached to an aromatic ring is 1. The van der Waals surface area contributed by atoms with E-state index < -0.39 is 40.9 Å². The maximum absolute atomic E-state index is 15.1. The molecular formula is C20H25FN4O5. The maximum Gasteiger partial charge on any atom is 0.425 e. The van der Waals surface area contributed by atoms with Crippen molar-refractivity contribution in [1.82, 2.24) is 9.97 Å². The molecular weight excluding hydrogens is 395 g/mol. The molecule has 0 fully saturated rings. The summed E-state index contributed by atoms with van der Waals surface area (Å²) >= 11 is 0. The van der Waals surface area contributed by atoms with E-state index in [1.165, 1.54) is 12.1 Å². The van der Waals surface area contributed by atoms with Crippen molar-refractivity contribution in [2.75, 3.05) is 10.6 Å². The number of aromatic nitrogens is 2. The van der Waals surface area contributed by atoms with Crippen LogP contribution >= 0.6 is 0 Å². The lowest BCUT2D eigenvalue weighted by Crippen LogP contribution is -2.44. The number of carbonyl (C=O) groups excluding carboxylic acids is 2. The maximum atomic E-state index is 15.1. The summed E-state index contributed by atoms with van der Waals surface area (Å²) in [5.74, 6) is -2.07. The van der Waals surface area contributed by atoms with Crippen molar-refractivity contribution in [3.8, 4) is 11.6 Å². The van der Waals surface area contributed by atoms with Crippen LogP contribution in [0.25, 0.3) is 0 Å². The monoisotopic (exact) mass is 420 g/mol. The number of carbonyl (C=O) groups is 2. The molecule has 0 spiro atoms. The molecule has 30 heavy (non-hydrogen) atoms. The fourth-order valence-corrected chi connectivity index (χ4v) is 2.08. The second-order valence-corrected chi connectivity index (χ2v) is 8.28. The Balaban J connectivity index is 2.45. The lowest BCUT2D eigenvalue weighted by molar-refractivity contribution is 0.0427. The zero-order valence-electron chi connectivity index (χ0n) is 17.7. The van der Waals surface area contributed by atoms with E-state index in [-0.39, 0.29) is 5.75 Å². The van der Waals surface area contributed by atoms with Crippen LogP contribution in [0.2, 0.25) is 0 Å².